The molecule has 0 atom stereocenters. The lowest BCUT2D eigenvalue weighted by molar-refractivity contribution is 0.0273. The van der Waals surface area contributed by atoms with E-state index >= 15 is 0 Å². The van der Waals surface area contributed by atoms with Gasteiger partial charge in [0, 0.05) is 0 Å². The molecule has 438 valence electrons. The van der Waals surface area contributed by atoms with Crippen LogP contribution in [0.1, 0.15) is 44.5 Å². The van der Waals surface area contributed by atoms with Gasteiger partial charge in [0.15, 0.2) is 0 Å². The molecule has 10 rings (SSSR count). The van der Waals surface area contributed by atoms with Gasteiger partial charge in [0.25, 0.3) is 0 Å². The van der Waals surface area contributed by atoms with Crippen molar-refractivity contribution >= 4 is 0 Å². The van der Waals surface area contributed by atoms with Gasteiger partial charge >= 0.3 is 0 Å². The van der Waals surface area contributed by atoms with E-state index in [1.807, 2.05) is 72.8 Å². The molecule has 0 aliphatic heterocycles. The van der Waals surface area contributed by atoms with Crippen LogP contribution in [-0.4, -0.2) is 92.5 Å². The average molecular weight is 1150 g/mol. The van der Waals surface area contributed by atoms with Crippen LogP contribution >= 0.6 is 0 Å². The first-order valence-electron chi connectivity index (χ1n) is 29.5. The lowest BCUT2D eigenvalue weighted by Crippen LogP contribution is -2.30. The van der Waals surface area contributed by atoms with Crippen LogP contribution in [0, 0.1) is 0 Å². The Morgan fingerprint density at radius 3 is 0.465 bits per heavy atom. The molecular weight excluding hydrogens is 1070 g/mol. The number of ether oxygens (including phenoxy) is 10. The lowest BCUT2D eigenvalue weighted by atomic mass is 9.65. The molecule has 10 aromatic rings. The predicted molar refractivity (Wildman–Crippen MR) is 339 cm³/mol. The third-order valence-corrected chi connectivity index (χ3v) is 14.8. The Morgan fingerprint density at radius 2 is 0.291 bits per heavy atom. The highest BCUT2D eigenvalue weighted by Crippen LogP contribution is 2.47. The maximum Gasteiger partial charge on any atom is 0.119 e. The fourth-order valence-corrected chi connectivity index (χ4v) is 10.8. The molecule has 0 amide bonds. The molecule has 0 heterocycles. The van der Waals surface area contributed by atoms with Crippen LogP contribution in [0.2, 0.25) is 0 Å². The normalized spacial score (nSPS) is 11.4. The Labute approximate surface area is 506 Å². The van der Waals surface area contributed by atoms with Crippen molar-refractivity contribution in [3.05, 3.63) is 324 Å². The van der Waals surface area contributed by atoms with Crippen molar-refractivity contribution in [2.45, 2.75) is 10.8 Å². The van der Waals surface area contributed by atoms with Gasteiger partial charge in [-0.05, 0) is 117 Å². The van der Waals surface area contributed by atoms with E-state index in [2.05, 4.69) is 206 Å². The zero-order chi connectivity index (χ0) is 58.6. The molecule has 0 unspecified atom stereocenters. The van der Waals surface area contributed by atoms with Crippen molar-refractivity contribution in [3.8, 4) is 34.5 Å². The van der Waals surface area contributed by atoms with Gasteiger partial charge < -0.3 is 47.4 Å². The van der Waals surface area contributed by atoms with Gasteiger partial charge in [-0.2, -0.15) is 0 Å². The van der Waals surface area contributed by atoms with Gasteiger partial charge in [-0.1, -0.05) is 206 Å². The Morgan fingerprint density at radius 1 is 0.151 bits per heavy atom. The van der Waals surface area contributed by atoms with E-state index in [0.29, 0.717) is 92.5 Å². The van der Waals surface area contributed by atoms with E-state index in [1.54, 1.807) is 0 Å². The van der Waals surface area contributed by atoms with Crippen LogP contribution in [-0.2, 0) is 29.8 Å². The molecule has 0 aliphatic rings. The van der Waals surface area contributed by atoms with Crippen molar-refractivity contribution in [1.82, 2.24) is 0 Å². The summed E-state index contributed by atoms with van der Waals surface area (Å²) in [5.41, 5.74) is 8.51. The molecule has 0 saturated carbocycles. The Kier molecular flexibility index (Phi) is 22.5. The van der Waals surface area contributed by atoms with E-state index in [4.69, 9.17) is 47.4 Å². The molecule has 10 heteroatoms. The van der Waals surface area contributed by atoms with Gasteiger partial charge in [-0.15, -0.1) is 0 Å². The monoisotopic (exact) mass is 1150 g/mol. The maximum absolute atomic E-state index is 6.09. The summed E-state index contributed by atoms with van der Waals surface area (Å²) >= 11 is 0. The molecule has 10 nitrogen and oxygen atoms in total. The summed E-state index contributed by atoms with van der Waals surface area (Å²) in [6, 6.07) is 96.0. The van der Waals surface area contributed by atoms with Gasteiger partial charge in [-0.3, -0.25) is 0 Å². The molecule has 0 saturated heterocycles. The molecule has 86 heavy (non-hydrogen) atoms. The zero-order valence-electron chi connectivity index (χ0n) is 48.5. The summed E-state index contributed by atoms with van der Waals surface area (Å²) < 4.78 is 58.7. The average Bonchev–Trinajstić information content (AvgIpc) is 1.82. The quantitative estimate of drug-likeness (QED) is 0.0282. The summed E-state index contributed by atoms with van der Waals surface area (Å²) in [7, 11) is 0. The first kappa shape index (κ1) is 60.0. The molecule has 0 aromatic heterocycles. The van der Waals surface area contributed by atoms with Crippen LogP contribution < -0.4 is 28.4 Å². The fraction of sp³-hybridized carbons (Fsp3) is 0.211. The zero-order valence-corrected chi connectivity index (χ0v) is 48.5. The SMILES string of the molecule is c1ccc(C(c2ccccc2)(c2ccccc2)c2ccc(OCCOCCOc3ccc(OCCOCCOCCOc4ccc(OCCOCCOc5ccc(C(c6ccccc6)(c6ccccc6)c6ccccc6)cc5)cc4)cc3)cc2)cc1. The predicted octanol–water partition coefficient (Wildman–Crippen LogP) is 14.9. The van der Waals surface area contributed by atoms with E-state index in [9.17, 15) is 0 Å². The third-order valence-electron chi connectivity index (χ3n) is 14.8. The van der Waals surface area contributed by atoms with Crippen molar-refractivity contribution in [3.63, 3.8) is 0 Å². The highest BCUT2D eigenvalue weighted by Gasteiger charge is 2.39. The Hall–Kier alpha value is -9.16. The first-order valence-corrected chi connectivity index (χ1v) is 29.5. The molecular formula is C76H74O10. The fourth-order valence-electron chi connectivity index (χ4n) is 10.8. The van der Waals surface area contributed by atoms with Crippen LogP contribution in [0.5, 0.6) is 34.5 Å². The number of hydrogen-bond acceptors (Lipinski definition) is 10. The minimum Gasteiger partial charge on any atom is -0.491 e. The smallest absolute Gasteiger partial charge is 0.119 e. The van der Waals surface area contributed by atoms with Gasteiger partial charge in [0.05, 0.1) is 63.7 Å². The topological polar surface area (TPSA) is 92.3 Å². The first-order chi connectivity index (χ1) is 42.7. The van der Waals surface area contributed by atoms with Gasteiger partial charge in [-0.25, -0.2) is 0 Å². The second kappa shape index (κ2) is 32.2. The standard InChI is InChI=1S/C76H74O10/c1-7-19-61(20-8-1)75(62-21-9-2-10-22-62,63-23-11-3-12-24-63)67-31-35-69(36-32-67)81-57-51-79-53-59-85-73-43-39-71(40-44-73)83-55-49-77-47-48-78-50-56-84-72-41-45-74(46-42-72)86-60-54-80-52-58-82-70-37-33-68(34-38-70)76(64-25-13-4-14-26-64,65-27-15-5-16-28-65)66-29-17-6-18-30-66/h1-46H,47-60H2. The van der Waals surface area contributed by atoms with Crippen molar-refractivity contribution in [2.24, 2.45) is 0 Å². The summed E-state index contributed by atoms with van der Waals surface area (Å²) in [5, 5.41) is 0. The molecule has 10 aromatic carbocycles. The minimum atomic E-state index is -0.498. The Bertz CT molecular complexity index is 3020. The van der Waals surface area contributed by atoms with E-state index in [-0.39, 0.29) is 0 Å². The highest BCUT2D eigenvalue weighted by molar-refractivity contribution is 5.62. The molecule has 0 N–H and O–H groups in total. The second-order valence-electron chi connectivity index (χ2n) is 20.2. The Balaban J connectivity index is 0.534. The van der Waals surface area contributed by atoms with E-state index in [0.717, 1.165) is 45.6 Å². The maximum atomic E-state index is 6.09. The van der Waals surface area contributed by atoms with Gasteiger partial charge in [0.2, 0.25) is 0 Å². The molecule has 0 aliphatic carbocycles. The van der Waals surface area contributed by atoms with Crippen LogP contribution in [0.15, 0.2) is 279 Å². The highest BCUT2D eigenvalue weighted by atomic mass is 16.6. The summed E-state index contributed by atoms with van der Waals surface area (Å²) in [5.74, 6) is 4.53. The van der Waals surface area contributed by atoms with Crippen LogP contribution in [0.25, 0.3) is 0 Å². The largest absolute Gasteiger partial charge is 0.491 e. The molecule has 0 bridgehead atoms. The lowest BCUT2D eigenvalue weighted by Gasteiger charge is -2.36. The summed E-state index contributed by atoms with van der Waals surface area (Å²) in [6.45, 7) is 6.05. The molecule has 0 radical (unpaired) electrons. The van der Waals surface area contributed by atoms with E-state index < -0.39 is 10.8 Å². The van der Waals surface area contributed by atoms with Gasteiger partial charge in [0.1, 0.15) is 74.1 Å². The minimum absolute atomic E-state index is 0.415. The van der Waals surface area contributed by atoms with Crippen molar-refractivity contribution in [2.75, 3.05) is 92.5 Å². The summed E-state index contributed by atoms with van der Waals surface area (Å²) in [6.07, 6.45) is 0. The summed E-state index contributed by atoms with van der Waals surface area (Å²) in [4.78, 5) is 0. The number of benzene rings is 10. The molecule has 0 fully saturated rings. The number of hydrogen-bond donors (Lipinski definition) is 0. The number of rotatable bonds is 35. The van der Waals surface area contributed by atoms with Crippen molar-refractivity contribution in [1.29, 1.82) is 0 Å². The third kappa shape index (κ3) is 16.0. The van der Waals surface area contributed by atoms with Crippen LogP contribution in [0.3, 0.4) is 0 Å². The second-order valence-corrected chi connectivity index (χ2v) is 20.2. The molecule has 0 spiro atoms. The van der Waals surface area contributed by atoms with Crippen LogP contribution in [0.4, 0.5) is 0 Å². The van der Waals surface area contributed by atoms with Crippen molar-refractivity contribution < 1.29 is 47.4 Å². The van der Waals surface area contributed by atoms with E-state index in [1.165, 1.54) is 33.4 Å².